The third kappa shape index (κ3) is 4.08. The Labute approximate surface area is 141 Å². The minimum atomic E-state index is -0.272. The summed E-state index contributed by atoms with van der Waals surface area (Å²) in [5.41, 5.74) is 9.76. The average Bonchev–Trinajstić information content (AvgIpc) is 2.61. The van der Waals surface area contributed by atoms with Gasteiger partial charge in [0, 0.05) is 31.9 Å². The average molecular weight is 330 g/mol. The van der Waals surface area contributed by atoms with Gasteiger partial charge < -0.3 is 21.1 Å². The van der Waals surface area contributed by atoms with E-state index in [4.69, 9.17) is 10.5 Å². The van der Waals surface area contributed by atoms with E-state index in [2.05, 4.69) is 15.6 Å². The van der Waals surface area contributed by atoms with Crippen LogP contribution in [0.3, 0.4) is 0 Å². The van der Waals surface area contributed by atoms with Crippen LogP contribution in [0.1, 0.15) is 28.6 Å². The zero-order chi connectivity index (χ0) is 16.9. The Morgan fingerprint density at radius 1 is 1.38 bits per heavy atom. The van der Waals surface area contributed by atoms with Crippen LogP contribution in [0.4, 0.5) is 10.1 Å². The van der Waals surface area contributed by atoms with Gasteiger partial charge in [0.05, 0.1) is 24.1 Å². The SMILES string of the molecule is Cc1cc(CNc2ccc([C@H]3CNCCO3)cc2F)cc(CN)n1. The van der Waals surface area contributed by atoms with E-state index >= 15 is 0 Å². The number of hydrogen-bond acceptors (Lipinski definition) is 5. The summed E-state index contributed by atoms with van der Waals surface area (Å²) in [6, 6.07) is 9.13. The van der Waals surface area contributed by atoms with E-state index in [0.29, 0.717) is 31.9 Å². The molecule has 1 aromatic heterocycles. The zero-order valence-electron chi connectivity index (χ0n) is 13.8. The van der Waals surface area contributed by atoms with Crippen molar-refractivity contribution >= 4 is 5.69 Å². The molecule has 1 aliphatic rings. The molecule has 1 aliphatic heterocycles. The number of nitrogens with zero attached hydrogens (tertiary/aromatic N) is 1. The van der Waals surface area contributed by atoms with Crippen molar-refractivity contribution in [1.29, 1.82) is 0 Å². The summed E-state index contributed by atoms with van der Waals surface area (Å²) in [4.78, 5) is 4.34. The Kier molecular flexibility index (Phi) is 5.40. The van der Waals surface area contributed by atoms with Gasteiger partial charge in [-0.3, -0.25) is 4.98 Å². The van der Waals surface area contributed by atoms with Gasteiger partial charge in [-0.25, -0.2) is 4.39 Å². The van der Waals surface area contributed by atoms with Crippen molar-refractivity contribution in [3.63, 3.8) is 0 Å². The van der Waals surface area contributed by atoms with Crippen molar-refractivity contribution in [1.82, 2.24) is 10.3 Å². The minimum absolute atomic E-state index is 0.0859. The molecule has 1 aromatic carbocycles. The normalized spacial score (nSPS) is 17.7. The molecule has 24 heavy (non-hydrogen) atoms. The standard InChI is InChI=1S/C18H23FN4O/c1-12-6-13(7-15(9-20)23-12)10-22-17-3-2-14(8-16(17)19)18-11-21-4-5-24-18/h2-3,6-8,18,21-22H,4-5,9-11,20H2,1H3/t18-/m1/s1. The number of hydrogen-bond donors (Lipinski definition) is 3. The maximum absolute atomic E-state index is 14.4. The van der Waals surface area contributed by atoms with Crippen LogP contribution in [0, 0.1) is 12.7 Å². The van der Waals surface area contributed by atoms with Crippen molar-refractivity contribution in [3.05, 3.63) is 58.7 Å². The van der Waals surface area contributed by atoms with E-state index in [1.54, 1.807) is 12.1 Å². The number of aromatic nitrogens is 1. The monoisotopic (exact) mass is 330 g/mol. The number of morpholine rings is 1. The fraction of sp³-hybridized carbons (Fsp3) is 0.389. The van der Waals surface area contributed by atoms with Crippen molar-refractivity contribution in [2.75, 3.05) is 25.0 Å². The molecule has 0 bridgehead atoms. The van der Waals surface area contributed by atoms with Crippen molar-refractivity contribution in [2.45, 2.75) is 26.1 Å². The fourth-order valence-electron chi connectivity index (χ4n) is 2.87. The van der Waals surface area contributed by atoms with E-state index < -0.39 is 0 Å². The summed E-state index contributed by atoms with van der Waals surface area (Å²) in [6.07, 6.45) is -0.0859. The Morgan fingerprint density at radius 2 is 2.25 bits per heavy atom. The van der Waals surface area contributed by atoms with Crippen LogP contribution in [0.25, 0.3) is 0 Å². The van der Waals surface area contributed by atoms with Gasteiger partial charge in [0.2, 0.25) is 0 Å². The largest absolute Gasteiger partial charge is 0.379 e. The summed E-state index contributed by atoms with van der Waals surface area (Å²) in [6.45, 7) is 5.05. The number of pyridine rings is 1. The summed E-state index contributed by atoms with van der Waals surface area (Å²) < 4.78 is 20.0. The van der Waals surface area contributed by atoms with Crippen molar-refractivity contribution < 1.29 is 9.13 Å². The highest BCUT2D eigenvalue weighted by molar-refractivity contribution is 5.47. The topological polar surface area (TPSA) is 72.2 Å². The van der Waals surface area contributed by atoms with E-state index in [1.165, 1.54) is 0 Å². The molecular formula is C18H23FN4O. The fourth-order valence-corrected chi connectivity index (χ4v) is 2.87. The van der Waals surface area contributed by atoms with Crippen LogP contribution in [0.15, 0.2) is 30.3 Å². The van der Waals surface area contributed by atoms with Gasteiger partial charge in [-0.1, -0.05) is 6.07 Å². The van der Waals surface area contributed by atoms with Crippen LogP contribution in [0.2, 0.25) is 0 Å². The summed E-state index contributed by atoms with van der Waals surface area (Å²) in [5, 5.41) is 6.39. The first kappa shape index (κ1) is 16.8. The zero-order valence-corrected chi connectivity index (χ0v) is 13.8. The number of nitrogens with two attached hydrogens (primary N) is 1. The molecule has 6 heteroatoms. The maximum atomic E-state index is 14.4. The summed E-state index contributed by atoms with van der Waals surface area (Å²) in [7, 11) is 0. The second kappa shape index (κ2) is 7.70. The molecular weight excluding hydrogens is 307 g/mol. The molecule has 3 rings (SSSR count). The second-order valence-electron chi connectivity index (χ2n) is 5.97. The van der Waals surface area contributed by atoms with Gasteiger partial charge >= 0.3 is 0 Å². The Morgan fingerprint density at radius 3 is 2.96 bits per heavy atom. The molecule has 1 fully saturated rings. The molecule has 2 aromatic rings. The lowest BCUT2D eigenvalue weighted by Crippen LogP contribution is -2.33. The number of anilines is 1. The maximum Gasteiger partial charge on any atom is 0.146 e. The highest BCUT2D eigenvalue weighted by atomic mass is 19.1. The highest BCUT2D eigenvalue weighted by Gasteiger charge is 2.17. The summed E-state index contributed by atoms with van der Waals surface area (Å²) >= 11 is 0. The summed E-state index contributed by atoms with van der Waals surface area (Å²) in [5.74, 6) is -0.272. The number of aryl methyl sites for hydroxylation is 1. The van der Waals surface area contributed by atoms with Crippen LogP contribution >= 0.6 is 0 Å². The number of rotatable bonds is 5. The van der Waals surface area contributed by atoms with E-state index in [9.17, 15) is 4.39 Å². The van der Waals surface area contributed by atoms with E-state index in [0.717, 1.165) is 29.1 Å². The molecule has 0 spiro atoms. The molecule has 5 nitrogen and oxygen atoms in total. The predicted molar refractivity (Wildman–Crippen MR) is 92.2 cm³/mol. The first-order chi connectivity index (χ1) is 11.7. The molecule has 128 valence electrons. The lowest BCUT2D eigenvalue weighted by molar-refractivity contribution is 0.0275. The van der Waals surface area contributed by atoms with Gasteiger partial charge in [0.15, 0.2) is 0 Å². The smallest absolute Gasteiger partial charge is 0.146 e. The quantitative estimate of drug-likeness (QED) is 0.784. The van der Waals surface area contributed by atoms with Crippen molar-refractivity contribution in [3.8, 4) is 0 Å². The van der Waals surface area contributed by atoms with Gasteiger partial charge in [-0.15, -0.1) is 0 Å². The number of nitrogens with one attached hydrogen (secondary N) is 2. The molecule has 2 heterocycles. The lowest BCUT2D eigenvalue weighted by atomic mass is 10.1. The highest BCUT2D eigenvalue weighted by Crippen LogP contribution is 2.24. The Hall–Kier alpha value is -2.02. The van der Waals surface area contributed by atoms with Crippen molar-refractivity contribution in [2.24, 2.45) is 5.73 Å². The predicted octanol–water partition coefficient (Wildman–Crippen LogP) is 2.26. The lowest BCUT2D eigenvalue weighted by Gasteiger charge is -2.24. The first-order valence-corrected chi connectivity index (χ1v) is 8.18. The van der Waals surface area contributed by atoms with Crippen LogP contribution in [0.5, 0.6) is 0 Å². The molecule has 0 aliphatic carbocycles. The van der Waals surface area contributed by atoms with E-state index in [-0.39, 0.29) is 11.9 Å². The third-order valence-corrected chi connectivity index (χ3v) is 4.05. The molecule has 4 N–H and O–H groups in total. The van der Waals surface area contributed by atoms with Gasteiger partial charge in [-0.2, -0.15) is 0 Å². The van der Waals surface area contributed by atoms with Gasteiger partial charge in [0.25, 0.3) is 0 Å². The molecule has 0 unspecified atom stereocenters. The molecule has 0 amide bonds. The minimum Gasteiger partial charge on any atom is -0.379 e. The molecule has 0 radical (unpaired) electrons. The van der Waals surface area contributed by atoms with Gasteiger partial charge in [0.1, 0.15) is 5.82 Å². The van der Waals surface area contributed by atoms with E-state index in [1.807, 2.05) is 25.1 Å². The third-order valence-electron chi connectivity index (χ3n) is 4.05. The number of ether oxygens (including phenoxy) is 1. The molecule has 0 saturated carbocycles. The van der Waals surface area contributed by atoms with Crippen LogP contribution in [-0.2, 0) is 17.8 Å². The second-order valence-corrected chi connectivity index (χ2v) is 5.97. The van der Waals surface area contributed by atoms with Gasteiger partial charge in [-0.05, 0) is 42.3 Å². The molecule has 1 atom stereocenters. The Balaban J connectivity index is 1.68. The Bertz CT molecular complexity index is 701. The number of halogens is 1. The van der Waals surface area contributed by atoms with Crippen LogP contribution < -0.4 is 16.4 Å². The first-order valence-electron chi connectivity index (χ1n) is 8.18. The van der Waals surface area contributed by atoms with Crippen LogP contribution in [-0.4, -0.2) is 24.7 Å². The number of benzene rings is 1. The molecule has 1 saturated heterocycles.